The largest absolute Gasteiger partial charge is 0.463 e. The Bertz CT molecular complexity index is 214. The van der Waals surface area contributed by atoms with Crippen LogP contribution in [0.15, 0.2) is 0 Å². The van der Waals surface area contributed by atoms with E-state index in [9.17, 15) is 13.6 Å². The lowest BCUT2D eigenvalue weighted by atomic mass is 9.86. The molecular weight excluding hydrogens is 190 g/mol. The van der Waals surface area contributed by atoms with Gasteiger partial charge in [-0.05, 0) is 26.7 Å². The molecule has 0 bridgehead atoms. The van der Waals surface area contributed by atoms with E-state index in [2.05, 4.69) is 0 Å². The zero-order valence-corrected chi connectivity index (χ0v) is 8.56. The van der Waals surface area contributed by atoms with Crippen LogP contribution in [0.25, 0.3) is 0 Å². The van der Waals surface area contributed by atoms with E-state index in [-0.39, 0.29) is 18.9 Å². The molecule has 1 unspecified atom stereocenters. The lowest BCUT2D eigenvalue weighted by molar-refractivity contribution is -0.159. The molecule has 1 atom stereocenters. The summed E-state index contributed by atoms with van der Waals surface area (Å²) in [7, 11) is 0. The maximum atomic E-state index is 12.9. The van der Waals surface area contributed by atoms with Gasteiger partial charge < -0.3 is 4.74 Å². The summed E-state index contributed by atoms with van der Waals surface area (Å²) in [6, 6.07) is 0. The van der Waals surface area contributed by atoms with E-state index in [0.717, 1.165) is 0 Å². The fourth-order valence-corrected chi connectivity index (χ4v) is 1.70. The quantitative estimate of drug-likeness (QED) is 0.649. The number of alkyl halides is 2. The Morgan fingerprint density at radius 3 is 2.64 bits per heavy atom. The molecule has 0 amide bonds. The van der Waals surface area contributed by atoms with Crippen LogP contribution in [0.3, 0.4) is 0 Å². The van der Waals surface area contributed by atoms with Crippen molar-refractivity contribution in [1.82, 2.24) is 0 Å². The van der Waals surface area contributed by atoms with Crippen molar-refractivity contribution < 1.29 is 18.3 Å². The highest BCUT2D eigenvalue weighted by atomic mass is 19.3. The molecule has 1 rings (SSSR count). The minimum absolute atomic E-state index is 0.0988. The molecule has 1 aliphatic rings. The minimum Gasteiger partial charge on any atom is -0.463 e. The number of hydrogen-bond donors (Lipinski definition) is 0. The van der Waals surface area contributed by atoms with Crippen LogP contribution in [0.2, 0.25) is 0 Å². The molecule has 1 saturated carbocycles. The van der Waals surface area contributed by atoms with E-state index in [1.807, 2.05) is 0 Å². The average molecular weight is 206 g/mol. The van der Waals surface area contributed by atoms with Crippen LogP contribution in [0.4, 0.5) is 8.78 Å². The van der Waals surface area contributed by atoms with Gasteiger partial charge in [-0.3, -0.25) is 4.79 Å². The molecule has 1 fully saturated rings. The van der Waals surface area contributed by atoms with Gasteiger partial charge in [-0.25, -0.2) is 8.78 Å². The average Bonchev–Trinajstić information content (AvgIpc) is 2.01. The van der Waals surface area contributed by atoms with Crippen LogP contribution in [0.1, 0.15) is 39.5 Å². The number of esters is 1. The summed E-state index contributed by atoms with van der Waals surface area (Å²) in [6.07, 6.45) is 0.265. The molecular formula is C10H16F2O2. The molecule has 1 aliphatic carbocycles. The maximum Gasteiger partial charge on any atom is 0.309 e. The van der Waals surface area contributed by atoms with Crippen molar-refractivity contribution in [2.24, 2.45) is 5.92 Å². The second-order valence-corrected chi connectivity index (χ2v) is 4.13. The second kappa shape index (κ2) is 4.24. The third-order valence-electron chi connectivity index (χ3n) is 2.33. The Balaban J connectivity index is 2.48. The summed E-state index contributed by atoms with van der Waals surface area (Å²) in [5.74, 6) is -3.76. The fraction of sp³-hybridized carbons (Fsp3) is 0.900. The zero-order valence-electron chi connectivity index (χ0n) is 8.56. The zero-order chi connectivity index (χ0) is 10.8. The summed E-state index contributed by atoms with van der Waals surface area (Å²) in [4.78, 5) is 11.3. The Hall–Kier alpha value is -0.670. The van der Waals surface area contributed by atoms with Crippen LogP contribution in [-0.4, -0.2) is 18.0 Å². The molecule has 0 spiro atoms. The first kappa shape index (κ1) is 11.4. The highest BCUT2D eigenvalue weighted by Crippen LogP contribution is 2.37. The van der Waals surface area contributed by atoms with E-state index < -0.39 is 17.8 Å². The molecule has 0 aliphatic heterocycles. The monoisotopic (exact) mass is 206 g/mol. The molecule has 2 nitrogen and oxygen atoms in total. The second-order valence-electron chi connectivity index (χ2n) is 4.13. The molecule has 0 heterocycles. The van der Waals surface area contributed by atoms with Gasteiger partial charge in [0.1, 0.15) is 0 Å². The van der Waals surface area contributed by atoms with Gasteiger partial charge in [-0.15, -0.1) is 0 Å². The summed E-state index contributed by atoms with van der Waals surface area (Å²) in [5, 5.41) is 0. The molecule has 4 heteroatoms. The first-order valence-corrected chi connectivity index (χ1v) is 4.99. The van der Waals surface area contributed by atoms with Crippen molar-refractivity contribution in [3.05, 3.63) is 0 Å². The van der Waals surface area contributed by atoms with Gasteiger partial charge in [0.05, 0.1) is 12.0 Å². The van der Waals surface area contributed by atoms with Crippen molar-refractivity contribution >= 4 is 5.97 Å². The summed E-state index contributed by atoms with van der Waals surface area (Å²) < 4.78 is 30.8. The summed E-state index contributed by atoms with van der Waals surface area (Å²) >= 11 is 0. The predicted molar refractivity (Wildman–Crippen MR) is 48.1 cm³/mol. The number of carbonyl (C=O) groups is 1. The standard InChI is InChI=1S/C10H16F2O2/c1-7(2)14-9(13)8-4-3-5-10(11,12)6-8/h7-8H,3-6H2,1-2H3. The molecule has 82 valence electrons. The third-order valence-corrected chi connectivity index (χ3v) is 2.33. The molecule has 0 aromatic rings. The number of halogens is 2. The Kier molecular flexibility index (Phi) is 3.45. The van der Waals surface area contributed by atoms with Gasteiger partial charge in [-0.2, -0.15) is 0 Å². The predicted octanol–water partition coefficient (Wildman–Crippen LogP) is 2.76. The first-order valence-electron chi connectivity index (χ1n) is 4.99. The minimum atomic E-state index is -2.68. The van der Waals surface area contributed by atoms with Crippen molar-refractivity contribution in [2.75, 3.05) is 0 Å². The number of rotatable bonds is 2. The topological polar surface area (TPSA) is 26.3 Å². The van der Waals surface area contributed by atoms with Crippen LogP contribution in [0.5, 0.6) is 0 Å². The van der Waals surface area contributed by atoms with Crippen LogP contribution in [-0.2, 0) is 9.53 Å². The van der Waals surface area contributed by atoms with Gasteiger partial charge in [0.25, 0.3) is 0 Å². The van der Waals surface area contributed by atoms with Crippen LogP contribution < -0.4 is 0 Å². The van der Waals surface area contributed by atoms with E-state index in [4.69, 9.17) is 4.74 Å². The lowest BCUT2D eigenvalue weighted by Gasteiger charge is -2.27. The van der Waals surface area contributed by atoms with Gasteiger partial charge in [0.2, 0.25) is 5.92 Å². The van der Waals surface area contributed by atoms with Crippen molar-refractivity contribution in [1.29, 1.82) is 0 Å². The Morgan fingerprint density at radius 2 is 2.14 bits per heavy atom. The van der Waals surface area contributed by atoms with Crippen LogP contribution >= 0.6 is 0 Å². The Labute approximate surface area is 82.6 Å². The molecule has 0 N–H and O–H groups in total. The Morgan fingerprint density at radius 1 is 1.50 bits per heavy atom. The van der Waals surface area contributed by atoms with Gasteiger partial charge in [0.15, 0.2) is 0 Å². The number of ether oxygens (including phenoxy) is 1. The van der Waals surface area contributed by atoms with Crippen molar-refractivity contribution in [2.45, 2.75) is 51.6 Å². The van der Waals surface area contributed by atoms with Crippen LogP contribution in [0, 0.1) is 5.92 Å². The summed E-state index contributed by atoms with van der Waals surface area (Å²) in [6.45, 7) is 3.44. The highest BCUT2D eigenvalue weighted by molar-refractivity contribution is 5.72. The van der Waals surface area contributed by atoms with E-state index in [1.165, 1.54) is 0 Å². The summed E-state index contributed by atoms with van der Waals surface area (Å²) in [5.41, 5.74) is 0. The molecule has 0 aromatic heterocycles. The third kappa shape index (κ3) is 3.24. The van der Waals surface area contributed by atoms with E-state index in [0.29, 0.717) is 12.8 Å². The molecule has 0 saturated heterocycles. The SMILES string of the molecule is CC(C)OC(=O)C1CCCC(F)(F)C1. The first-order chi connectivity index (χ1) is 6.41. The molecule has 14 heavy (non-hydrogen) atoms. The highest BCUT2D eigenvalue weighted by Gasteiger charge is 2.39. The number of carbonyl (C=O) groups excluding carboxylic acids is 1. The molecule has 0 radical (unpaired) electrons. The lowest BCUT2D eigenvalue weighted by Crippen LogP contribution is -2.32. The normalized spacial score (nSPS) is 26.2. The van der Waals surface area contributed by atoms with Gasteiger partial charge in [0, 0.05) is 12.8 Å². The van der Waals surface area contributed by atoms with Crippen molar-refractivity contribution in [3.8, 4) is 0 Å². The smallest absolute Gasteiger partial charge is 0.309 e. The van der Waals surface area contributed by atoms with Gasteiger partial charge in [-0.1, -0.05) is 0 Å². The van der Waals surface area contributed by atoms with Gasteiger partial charge >= 0.3 is 5.97 Å². The van der Waals surface area contributed by atoms with Crippen molar-refractivity contribution in [3.63, 3.8) is 0 Å². The fourth-order valence-electron chi connectivity index (χ4n) is 1.70. The maximum absolute atomic E-state index is 12.9. The molecule has 0 aromatic carbocycles. The van der Waals surface area contributed by atoms with E-state index in [1.54, 1.807) is 13.8 Å². The number of hydrogen-bond acceptors (Lipinski definition) is 2. The van der Waals surface area contributed by atoms with E-state index >= 15 is 0 Å².